The third kappa shape index (κ3) is 3.77. The second-order valence-corrected chi connectivity index (χ2v) is 6.44. The van der Waals surface area contributed by atoms with E-state index >= 15 is 0 Å². The zero-order valence-corrected chi connectivity index (χ0v) is 14.0. The third-order valence-electron chi connectivity index (χ3n) is 3.28. The smallest absolute Gasteiger partial charge is 0.197 e. The molecule has 0 saturated heterocycles. The SMILES string of the molecule is N#Cc1cccc(C=CC(=O)c2cnc(-c3ccc(Cl)cc3)s2)c1. The molecule has 2 aromatic carbocycles. The lowest BCUT2D eigenvalue weighted by Gasteiger charge is -1.95. The van der Waals surface area contributed by atoms with Crippen LogP contribution in [0.1, 0.15) is 20.8 Å². The van der Waals surface area contributed by atoms with Crippen molar-refractivity contribution >= 4 is 34.8 Å². The van der Waals surface area contributed by atoms with Gasteiger partial charge in [0, 0.05) is 16.8 Å². The molecule has 0 unspecified atom stereocenters. The molecule has 1 heterocycles. The van der Waals surface area contributed by atoms with E-state index in [1.54, 1.807) is 42.6 Å². The van der Waals surface area contributed by atoms with Crippen LogP contribution in [0.3, 0.4) is 0 Å². The second kappa shape index (κ2) is 7.22. The number of aromatic nitrogens is 1. The van der Waals surface area contributed by atoms with E-state index in [9.17, 15) is 4.79 Å². The Hall–Kier alpha value is -2.74. The monoisotopic (exact) mass is 350 g/mol. The third-order valence-corrected chi connectivity index (χ3v) is 4.60. The summed E-state index contributed by atoms with van der Waals surface area (Å²) in [5.74, 6) is -0.116. The molecule has 0 saturated carbocycles. The lowest BCUT2D eigenvalue weighted by atomic mass is 10.1. The highest BCUT2D eigenvalue weighted by Gasteiger charge is 2.09. The van der Waals surface area contributed by atoms with E-state index in [2.05, 4.69) is 11.1 Å². The van der Waals surface area contributed by atoms with E-state index in [4.69, 9.17) is 16.9 Å². The van der Waals surface area contributed by atoms with Crippen LogP contribution in [0.4, 0.5) is 0 Å². The van der Waals surface area contributed by atoms with Crippen molar-refractivity contribution in [3.63, 3.8) is 0 Å². The molecule has 0 radical (unpaired) electrons. The van der Waals surface area contributed by atoms with Gasteiger partial charge in [0.1, 0.15) is 5.01 Å². The molecule has 0 N–H and O–H groups in total. The lowest BCUT2D eigenvalue weighted by molar-refractivity contribution is 0.105. The average Bonchev–Trinajstić information content (AvgIpc) is 3.10. The molecule has 0 aliphatic carbocycles. The van der Waals surface area contributed by atoms with Gasteiger partial charge in [-0.1, -0.05) is 41.9 Å². The molecular weight excluding hydrogens is 340 g/mol. The molecular formula is C19H11ClN2OS. The Balaban J connectivity index is 1.77. The van der Waals surface area contributed by atoms with Gasteiger partial charge in [0.2, 0.25) is 0 Å². The molecule has 0 aliphatic heterocycles. The number of ketones is 1. The first-order chi connectivity index (χ1) is 11.7. The number of allylic oxidation sites excluding steroid dienone is 1. The largest absolute Gasteiger partial charge is 0.288 e. The summed E-state index contributed by atoms with van der Waals surface area (Å²) in [6, 6.07) is 16.5. The molecule has 116 valence electrons. The number of nitriles is 1. The van der Waals surface area contributed by atoms with Gasteiger partial charge in [-0.25, -0.2) is 4.98 Å². The van der Waals surface area contributed by atoms with Crippen molar-refractivity contribution < 1.29 is 4.79 Å². The number of benzene rings is 2. The summed E-state index contributed by atoms with van der Waals surface area (Å²) >= 11 is 7.21. The number of hydrogen-bond donors (Lipinski definition) is 0. The van der Waals surface area contributed by atoms with Gasteiger partial charge in [-0.05, 0) is 35.9 Å². The minimum Gasteiger partial charge on any atom is -0.288 e. The van der Waals surface area contributed by atoms with Gasteiger partial charge in [-0.2, -0.15) is 5.26 Å². The molecule has 3 aromatic rings. The van der Waals surface area contributed by atoms with Gasteiger partial charge >= 0.3 is 0 Å². The van der Waals surface area contributed by atoms with Crippen LogP contribution < -0.4 is 0 Å². The maximum absolute atomic E-state index is 12.3. The number of halogens is 1. The van der Waals surface area contributed by atoms with Gasteiger partial charge in [0.25, 0.3) is 0 Å². The van der Waals surface area contributed by atoms with Crippen LogP contribution in [0.25, 0.3) is 16.6 Å². The first-order valence-corrected chi connectivity index (χ1v) is 8.29. The van der Waals surface area contributed by atoms with Crippen molar-refractivity contribution in [3.05, 3.63) is 81.8 Å². The average molecular weight is 351 g/mol. The molecule has 3 nitrogen and oxygen atoms in total. The number of thiazole rings is 1. The number of rotatable bonds is 4. The fourth-order valence-corrected chi connectivity index (χ4v) is 3.05. The summed E-state index contributed by atoms with van der Waals surface area (Å²) < 4.78 is 0. The van der Waals surface area contributed by atoms with Gasteiger partial charge < -0.3 is 0 Å². The molecule has 0 bridgehead atoms. The molecule has 1 aromatic heterocycles. The lowest BCUT2D eigenvalue weighted by Crippen LogP contribution is -1.89. The Kier molecular flexibility index (Phi) is 4.85. The molecule has 5 heteroatoms. The van der Waals surface area contributed by atoms with E-state index in [1.807, 2.05) is 18.2 Å². The van der Waals surface area contributed by atoms with Gasteiger partial charge in [-0.3, -0.25) is 4.79 Å². The number of nitrogens with zero attached hydrogens (tertiary/aromatic N) is 2. The van der Waals surface area contributed by atoms with Gasteiger partial charge in [0.15, 0.2) is 5.78 Å². The van der Waals surface area contributed by atoms with E-state index in [0.717, 1.165) is 16.1 Å². The van der Waals surface area contributed by atoms with Crippen LogP contribution in [0.5, 0.6) is 0 Å². The minimum absolute atomic E-state index is 0.116. The van der Waals surface area contributed by atoms with Crippen molar-refractivity contribution in [3.8, 4) is 16.6 Å². The summed E-state index contributed by atoms with van der Waals surface area (Å²) in [6.07, 6.45) is 4.77. The van der Waals surface area contributed by atoms with Crippen LogP contribution >= 0.6 is 22.9 Å². The molecule has 3 rings (SSSR count). The Bertz CT molecular complexity index is 952. The van der Waals surface area contributed by atoms with Crippen LogP contribution in [-0.2, 0) is 0 Å². The number of carbonyl (C=O) groups is 1. The zero-order valence-electron chi connectivity index (χ0n) is 12.4. The topological polar surface area (TPSA) is 53.8 Å². The van der Waals surface area contributed by atoms with Crippen molar-refractivity contribution in [2.24, 2.45) is 0 Å². The molecule has 0 spiro atoms. The van der Waals surface area contributed by atoms with Gasteiger partial charge in [0.05, 0.1) is 16.5 Å². The van der Waals surface area contributed by atoms with E-state index in [0.29, 0.717) is 15.5 Å². The highest BCUT2D eigenvalue weighted by molar-refractivity contribution is 7.17. The highest BCUT2D eigenvalue weighted by Crippen LogP contribution is 2.26. The maximum atomic E-state index is 12.3. The quantitative estimate of drug-likeness (QED) is 0.478. The summed E-state index contributed by atoms with van der Waals surface area (Å²) in [5.41, 5.74) is 2.30. The van der Waals surface area contributed by atoms with E-state index < -0.39 is 0 Å². The summed E-state index contributed by atoms with van der Waals surface area (Å²) in [7, 11) is 0. The van der Waals surface area contributed by atoms with Crippen molar-refractivity contribution in [1.29, 1.82) is 5.26 Å². The van der Waals surface area contributed by atoms with Crippen LogP contribution in [0.2, 0.25) is 5.02 Å². The summed E-state index contributed by atoms with van der Waals surface area (Å²) in [4.78, 5) is 17.1. The highest BCUT2D eigenvalue weighted by atomic mass is 35.5. The number of hydrogen-bond acceptors (Lipinski definition) is 4. The van der Waals surface area contributed by atoms with Crippen LogP contribution in [0, 0.1) is 11.3 Å². The van der Waals surface area contributed by atoms with Crippen molar-refractivity contribution in [1.82, 2.24) is 4.98 Å². The zero-order chi connectivity index (χ0) is 16.9. The molecule has 0 aliphatic rings. The van der Waals surface area contributed by atoms with Crippen molar-refractivity contribution in [2.75, 3.05) is 0 Å². The normalized spacial score (nSPS) is 10.7. The Morgan fingerprint density at radius 1 is 1.21 bits per heavy atom. The minimum atomic E-state index is -0.116. The van der Waals surface area contributed by atoms with Crippen LogP contribution in [0.15, 0.2) is 60.8 Å². The van der Waals surface area contributed by atoms with Gasteiger partial charge in [-0.15, -0.1) is 11.3 Å². The number of carbonyl (C=O) groups excluding carboxylic acids is 1. The fraction of sp³-hybridized carbons (Fsp3) is 0. The van der Waals surface area contributed by atoms with Crippen LogP contribution in [-0.4, -0.2) is 10.8 Å². The first kappa shape index (κ1) is 16.1. The summed E-state index contributed by atoms with van der Waals surface area (Å²) in [5, 5.41) is 10.3. The van der Waals surface area contributed by atoms with Crippen molar-refractivity contribution in [2.45, 2.75) is 0 Å². The molecule has 0 fully saturated rings. The molecule has 0 atom stereocenters. The first-order valence-electron chi connectivity index (χ1n) is 7.10. The molecule has 24 heavy (non-hydrogen) atoms. The molecule has 0 amide bonds. The maximum Gasteiger partial charge on any atom is 0.197 e. The predicted octanol–water partition coefficient (Wildman–Crippen LogP) is 5.23. The Labute approximate surface area is 148 Å². The Morgan fingerprint density at radius 2 is 2.00 bits per heavy atom. The van der Waals surface area contributed by atoms with E-state index in [1.165, 1.54) is 17.4 Å². The fourth-order valence-electron chi connectivity index (χ4n) is 2.08. The van der Waals surface area contributed by atoms with E-state index in [-0.39, 0.29) is 5.78 Å². The second-order valence-electron chi connectivity index (χ2n) is 4.97. The summed E-state index contributed by atoms with van der Waals surface area (Å²) in [6.45, 7) is 0. The Morgan fingerprint density at radius 3 is 2.75 bits per heavy atom. The predicted molar refractivity (Wildman–Crippen MR) is 97.1 cm³/mol. The standard InChI is InChI=1S/C19H11ClN2OS/c20-16-7-5-15(6-8-16)19-22-12-18(24-19)17(23)9-4-13-2-1-3-14(10-13)11-21/h1-10,12H.